The molecule has 0 radical (unpaired) electrons. The van der Waals surface area contributed by atoms with Crippen molar-refractivity contribution in [3.63, 3.8) is 0 Å². The number of aromatic nitrogens is 1. The zero-order valence-electron chi connectivity index (χ0n) is 8.94. The van der Waals surface area contributed by atoms with E-state index in [0.717, 1.165) is 0 Å². The Morgan fingerprint density at radius 2 is 2.00 bits per heavy atom. The van der Waals surface area contributed by atoms with Gasteiger partial charge in [-0.1, -0.05) is 5.11 Å². The number of azide groups is 1. The minimum atomic E-state index is 0.139. The summed E-state index contributed by atoms with van der Waals surface area (Å²) in [5.74, 6) is 0.394. The molecule has 0 saturated heterocycles. The molecular formula is C10H10N4O3. The van der Waals surface area contributed by atoms with Crippen LogP contribution in [-0.4, -0.2) is 30.7 Å². The largest absolute Gasteiger partial charge is 0.493 e. The SMILES string of the molecule is [N-]=[N+]=NCCCOc1cc(C=O)nc(C=O)c1. The monoisotopic (exact) mass is 234 g/mol. The third-order valence-electron chi connectivity index (χ3n) is 1.81. The highest BCUT2D eigenvalue weighted by atomic mass is 16.5. The molecule has 0 aliphatic heterocycles. The van der Waals surface area contributed by atoms with Crippen LogP contribution in [0.3, 0.4) is 0 Å². The van der Waals surface area contributed by atoms with Gasteiger partial charge in [-0.25, -0.2) is 4.98 Å². The van der Waals surface area contributed by atoms with Crippen LogP contribution in [0.4, 0.5) is 0 Å². The summed E-state index contributed by atoms with van der Waals surface area (Å²) in [4.78, 5) is 27.5. The number of aldehydes is 2. The van der Waals surface area contributed by atoms with E-state index < -0.39 is 0 Å². The van der Waals surface area contributed by atoms with E-state index in [1.165, 1.54) is 12.1 Å². The van der Waals surface area contributed by atoms with Crippen LogP contribution in [0, 0.1) is 0 Å². The van der Waals surface area contributed by atoms with Gasteiger partial charge in [0.1, 0.15) is 17.1 Å². The molecule has 0 spiro atoms. The van der Waals surface area contributed by atoms with Gasteiger partial charge in [0.05, 0.1) is 6.61 Å². The van der Waals surface area contributed by atoms with Crippen molar-refractivity contribution in [1.82, 2.24) is 4.98 Å². The van der Waals surface area contributed by atoms with Crippen LogP contribution in [0.25, 0.3) is 10.4 Å². The van der Waals surface area contributed by atoms with Gasteiger partial charge in [-0.2, -0.15) is 0 Å². The summed E-state index contributed by atoms with van der Waals surface area (Å²) in [6.45, 7) is 0.669. The van der Waals surface area contributed by atoms with Crippen molar-refractivity contribution in [2.75, 3.05) is 13.2 Å². The minimum absolute atomic E-state index is 0.139. The average Bonchev–Trinajstić information content (AvgIpc) is 2.38. The van der Waals surface area contributed by atoms with Crippen LogP contribution in [-0.2, 0) is 0 Å². The van der Waals surface area contributed by atoms with Crippen LogP contribution >= 0.6 is 0 Å². The first-order valence-electron chi connectivity index (χ1n) is 4.86. The van der Waals surface area contributed by atoms with E-state index in [1.54, 1.807) is 0 Å². The van der Waals surface area contributed by atoms with Crippen molar-refractivity contribution in [2.45, 2.75) is 6.42 Å². The topological polar surface area (TPSA) is 105 Å². The Kier molecular flexibility index (Phi) is 5.19. The fraction of sp³-hybridized carbons (Fsp3) is 0.300. The van der Waals surface area contributed by atoms with Gasteiger partial charge in [0, 0.05) is 23.6 Å². The number of hydrogen-bond acceptors (Lipinski definition) is 5. The molecule has 0 fully saturated rings. The summed E-state index contributed by atoms with van der Waals surface area (Å²) in [6.07, 6.45) is 1.64. The van der Waals surface area contributed by atoms with Gasteiger partial charge >= 0.3 is 0 Å². The molecule has 1 rings (SSSR count). The fourth-order valence-corrected chi connectivity index (χ4v) is 1.12. The third-order valence-corrected chi connectivity index (χ3v) is 1.81. The normalized spacial score (nSPS) is 9.18. The number of carbonyl (C=O) groups is 2. The van der Waals surface area contributed by atoms with Gasteiger partial charge in [0.15, 0.2) is 12.6 Å². The molecule has 0 aliphatic carbocycles. The van der Waals surface area contributed by atoms with Crippen molar-refractivity contribution in [3.8, 4) is 5.75 Å². The number of ether oxygens (including phenoxy) is 1. The molecule has 7 nitrogen and oxygen atoms in total. The predicted octanol–water partition coefficient (Wildman–Crippen LogP) is 1.79. The van der Waals surface area contributed by atoms with Gasteiger partial charge in [-0.05, 0) is 12.0 Å². The van der Waals surface area contributed by atoms with Crippen LogP contribution in [0.1, 0.15) is 27.4 Å². The lowest BCUT2D eigenvalue weighted by atomic mass is 10.3. The molecule has 1 aromatic heterocycles. The van der Waals surface area contributed by atoms with Gasteiger partial charge < -0.3 is 4.74 Å². The smallest absolute Gasteiger partial charge is 0.168 e. The molecule has 0 atom stereocenters. The van der Waals surface area contributed by atoms with Crippen molar-refractivity contribution < 1.29 is 14.3 Å². The van der Waals surface area contributed by atoms with Crippen LogP contribution in [0.5, 0.6) is 5.75 Å². The second kappa shape index (κ2) is 6.97. The van der Waals surface area contributed by atoms with Crippen molar-refractivity contribution in [1.29, 1.82) is 0 Å². The van der Waals surface area contributed by atoms with Gasteiger partial charge in [-0.3, -0.25) is 9.59 Å². The quantitative estimate of drug-likeness (QED) is 0.235. The molecule has 17 heavy (non-hydrogen) atoms. The number of hydrogen-bond donors (Lipinski definition) is 0. The summed E-state index contributed by atoms with van der Waals surface area (Å²) in [5.41, 5.74) is 8.33. The summed E-state index contributed by atoms with van der Waals surface area (Å²) < 4.78 is 5.30. The Labute approximate surface area is 97.0 Å². The molecule has 0 bridgehead atoms. The van der Waals surface area contributed by atoms with E-state index in [9.17, 15) is 9.59 Å². The molecular weight excluding hydrogens is 224 g/mol. The molecule has 0 aliphatic rings. The molecule has 1 heterocycles. The molecule has 0 unspecified atom stereocenters. The molecule has 0 saturated carbocycles. The van der Waals surface area contributed by atoms with E-state index in [-0.39, 0.29) is 11.4 Å². The number of pyridine rings is 1. The number of nitrogens with zero attached hydrogens (tertiary/aromatic N) is 4. The maximum Gasteiger partial charge on any atom is 0.168 e. The van der Waals surface area contributed by atoms with Gasteiger partial charge in [0.2, 0.25) is 0 Å². The Morgan fingerprint density at radius 1 is 1.35 bits per heavy atom. The maximum absolute atomic E-state index is 10.6. The van der Waals surface area contributed by atoms with Gasteiger partial charge in [-0.15, -0.1) is 0 Å². The minimum Gasteiger partial charge on any atom is -0.493 e. The Balaban J connectivity index is 2.60. The highest BCUT2D eigenvalue weighted by molar-refractivity contribution is 5.78. The first-order chi connectivity index (χ1) is 8.30. The number of carbonyl (C=O) groups excluding carboxylic acids is 2. The molecule has 0 aromatic carbocycles. The average molecular weight is 234 g/mol. The summed E-state index contributed by atoms with van der Waals surface area (Å²) in [6, 6.07) is 2.88. The maximum atomic E-state index is 10.6. The summed E-state index contributed by atoms with van der Waals surface area (Å²) >= 11 is 0. The second-order valence-electron chi connectivity index (χ2n) is 3.04. The van der Waals surface area contributed by atoms with E-state index in [1.807, 2.05) is 0 Å². The standard InChI is InChI=1S/C10H10N4O3/c11-14-12-2-1-3-17-10-4-8(6-15)13-9(5-10)7-16/h4-7H,1-3H2. The molecule has 88 valence electrons. The van der Waals surface area contributed by atoms with Crippen molar-refractivity contribution in [3.05, 3.63) is 34.0 Å². The number of rotatable bonds is 7. The molecule has 0 N–H and O–H groups in total. The second-order valence-corrected chi connectivity index (χ2v) is 3.04. The fourth-order valence-electron chi connectivity index (χ4n) is 1.12. The summed E-state index contributed by atoms with van der Waals surface area (Å²) in [7, 11) is 0. The lowest BCUT2D eigenvalue weighted by Gasteiger charge is -2.05. The zero-order valence-corrected chi connectivity index (χ0v) is 8.94. The zero-order chi connectivity index (χ0) is 12.5. The first-order valence-corrected chi connectivity index (χ1v) is 4.86. The van der Waals surface area contributed by atoms with E-state index >= 15 is 0 Å². The van der Waals surface area contributed by atoms with Gasteiger partial charge in [0.25, 0.3) is 0 Å². The highest BCUT2D eigenvalue weighted by Gasteiger charge is 2.02. The molecule has 1 aromatic rings. The van der Waals surface area contributed by atoms with E-state index in [4.69, 9.17) is 10.3 Å². The van der Waals surface area contributed by atoms with Crippen LogP contribution < -0.4 is 4.74 Å². The van der Waals surface area contributed by atoms with Crippen LogP contribution in [0.2, 0.25) is 0 Å². The Bertz CT molecular complexity index is 429. The third kappa shape index (κ3) is 4.31. The van der Waals surface area contributed by atoms with Crippen molar-refractivity contribution >= 4 is 12.6 Å². The Morgan fingerprint density at radius 3 is 2.53 bits per heavy atom. The van der Waals surface area contributed by atoms with E-state index in [0.29, 0.717) is 37.9 Å². The Hall–Kier alpha value is -2.40. The van der Waals surface area contributed by atoms with Crippen LogP contribution in [0.15, 0.2) is 17.2 Å². The highest BCUT2D eigenvalue weighted by Crippen LogP contribution is 2.12. The molecule has 7 heteroatoms. The van der Waals surface area contributed by atoms with E-state index in [2.05, 4.69) is 15.0 Å². The predicted molar refractivity (Wildman–Crippen MR) is 59.1 cm³/mol. The first kappa shape index (κ1) is 12.7. The lowest BCUT2D eigenvalue weighted by molar-refractivity contribution is 0.111. The lowest BCUT2D eigenvalue weighted by Crippen LogP contribution is -2.01. The summed E-state index contributed by atoms with van der Waals surface area (Å²) in [5, 5.41) is 3.35. The molecule has 0 amide bonds. The van der Waals surface area contributed by atoms with Crippen molar-refractivity contribution in [2.24, 2.45) is 5.11 Å².